The maximum atomic E-state index is 10.3. The fourth-order valence-electron chi connectivity index (χ4n) is 2.56. The van der Waals surface area contributed by atoms with Crippen LogP contribution >= 0.6 is 28.6 Å². The van der Waals surface area contributed by atoms with Gasteiger partial charge in [0.15, 0.2) is 0 Å². The molecule has 0 saturated heterocycles. The zero-order chi connectivity index (χ0) is 21.9. The molecule has 0 radical (unpaired) electrons. The van der Waals surface area contributed by atoms with Gasteiger partial charge in [0.2, 0.25) is 0 Å². The molecule has 0 N–H and O–H groups in total. The van der Waals surface area contributed by atoms with E-state index < -0.39 is 22.1 Å². The molecule has 6 nitrogen and oxygen atoms in total. The van der Waals surface area contributed by atoms with Gasteiger partial charge in [-0.3, -0.25) is 0 Å². The standard InChI is InChI=1S/2C9H5N3P.2ClH.Pd/c2*10-6-13(7-11,8-12)9-4-2-1-3-5-9;;;/h2*1-5H;2*1H;/q2*+1;;;/p-2. The van der Waals surface area contributed by atoms with Gasteiger partial charge >= 0.3 is 179 Å². The quantitative estimate of drug-likeness (QED) is 0.391. The van der Waals surface area contributed by atoms with Crippen LogP contribution in [0.3, 0.4) is 0 Å². The summed E-state index contributed by atoms with van der Waals surface area (Å²) in [5.74, 6) is 10.7. The van der Waals surface area contributed by atoms with Crippen LogP contribution in [0.5, 0.6) is 0 Å². The summed E-state index contributed by atoms with van der Waals surface area (Å²) in [6, 6.07) is 14.6. The molecule has 2 aromatic carbocycles. The van der Waals surface area contributed by atoms with Crippen molar-refractivity contribution < 1.29 is 12.5 Å². The topological polar surface area (TPSA) is 143 Å². The van der Waals surface area contributed by atoms with Gasteiger partial charge in [-0.15, -0.1) is 0 Å². The maximum absolute atomic E-state index is 10.3. The Hall–Kier alpha value is -2.52. The van der Waals surface area contributed by atoms with E-state index in [4.69, 9.17) is 19.1 Å². The van der Waals surface area contributed by atoms with Crippen LogP contribution in [-0.2, 0) is 12.5 Å². The van der Waals surface area contributed by atoms with Crippen molar-refractivity contribution in [3.05, 3.63) is 60.7 Å². The Balaban J connectivity index is 3.28. The van der Waals surface area contributed by atoms with Gasteiger partial charge in [0.1, 0.15) is 0 Å². The molecule has 146 valence electrons. The average Bonchev–Trinajstić information content (AvgIpc) is 2.79. The summed E-state index contributed by atoms with van der Waals surface area (Å²) in [7, 11) is 13.7. The number of nitriles is 6. The molecule has 0 unspecified atom stereocenters. The predicted octanol–water partition coefficient (Wildman–Crippen LogP) is 4.92. The van der Waals surface area contributed by atoms with Gasteiger partial charge in [-0.05, 0) is 0 Å². The molecule has 0 amide bonds. The van der Waals surface area contributed by atoms with Gasteiger partial charge in [0.25, 0.3) is 0 Å². The van der Waals surface area contributed by atoms with Crippen LogP contribution in [0.15, 0.2) is 60.7 Å². The Kier molecular flexibility index (Phi) is 5.80. The molecule has 0 aliphatic heterocycles. The molecule has 0 fully saturated rings. The van der Waals surface area contributed by atoms with Crippen molar-refractivity contribution in [2.24, 2.45) is 0 Å². The summed E-state index contributed by atoms with van der Waals surface area (Å²) < 4.78 is 0. The second-order valence-electron chi connectivity index (χ2n) is 5.50. The molecule has 0 aliphatic carbocycles. The van der Waals surface area contributed by atoms with Gasteiger partial charge in [-0.2, -0.15) is 0 Å². The average molecular weight is 550 g/mol. The van der Waals surface area contributed by atoms with E-state index in [1.807, 2.05) is 0 Å². The van der Waals surface area contributed by atoms with Gasteiger partial charge in [0, 0.05) is 0 Å². The number of benzene rings is 2. The summed E-state index contributed by atoms with van der Waals surface area (Å²) in [6.45, 7) is 0. The second kappa shape index (κ2) is 7.38. The van der Waals surface area contributed by atoms with Crippen LogP contribution in [0, 0.1) is 66.4 Å². The third-order valence-electron chi connectivity index (χ3n) is 4.22. The predicted molar refractivity (Wildman–Crippen MR) is 111 cm³/mol. The molecule has 11 heteroatoms. The fourth-order valence-corrected chi connectivity index (χ4v) is 41.7. The summed E-state index contributed by atoms with van der Waals surface area (Å²) in [5, 5.41) is 61.4. The minimum atomic E-state index is -5.35. The molecule has 0 heterocycles. The van der Waals surface area contributed by atoms with Gasteiger partial charge < -0.3 is 0 Å². The first-order valence-electron chi connectivity index (χ1n) is 7.47. The number of rotatable bonds is 4. The molecule has 0 saturated carbocycles. The zero-order valence-electron chi connectivity index (χ0n) is 14.4. The summed E-state index contributed by atoms with van der Waals surface area (Å²) in [4.78, 5) is -10.7. The van der Waals surface area contributed by atoms with Crippen LogP contribution in [0.4, 0.5) is 0 Å². The van der Waals surface area contributed by atoms with E-state index in [1.54, 1.807) is 47.0 Å². The molecule has 2 rings (SSSR count). The second-order valence-corrected chi connectivity index (χ2v) is 36.7. The van der Waals surface area contributed by atoms with Crippen LogP contribution in [0.2, 0.25) is 0 Å². The Morgan fingerprint density at radius 1 is 0.517 bits per heavy atom. The first-order chi connectivity index (χ1) is 13.7. The van der Waals surface area contributed by atoms with Crippen LogP contribution in [0.1, 0.15) is 0 Å². The van der Waals surface area contributed by atoms with E-state index in [-0.39, 0.29) is 10.6 Å². The molecular weight excluding hydrogens is 540 g/mol. The number of nitrogens with zero attached hydrogens (tertiary/aromatic N) is 6. The van der Waals surface area contributed by atoms with Gasteiger partial charge in [-0.25, -0.2) is 0 Å². The van der Waals surface area contributed by atoms with E-state index in [0.29, 0.717) is 0 Å². The van der Waals surface area contributed by atoms with Crippen molar-refractivity contribution in [3.63, 3.8) is 0 Å². The zero-order valence-corrected chi connectivity index (χ0v) is 19.3. The molecule has 2 aromatic rings. The Labute approximate surface area is 178 Å². The Morgan fingerprint density at radius 2 is 0.759 bits per heavy atom. The first-order valence-corrected chi connectivity index (χ1v) is 19.8. The normalized spacial score (nSPS) is 14.3. The fraction of sp³-hybridized carbons (Fsp3) is 0. The van der Waals surface area contributed by atoms with Crippen molar-refractivity contribution in [1.29, 1.82) is 31.6 Å². The van der Waals surface area contributed by atoms with Crippen LogP contribution in [0.25, 0.3) is 0 Å². The SMILES string of the molecule is N#C[P](C#N)(C#N)(c1ccccc1)[Pd]([Cl])([Cl])[P](C#N)(C#N)(C#N)c1ccccc1. The number of hydrogen-bond acceptors (Lipinski definition) is 6. The van der Waals surface area contributed by atoms with Crippen molar-refractivity contribution in [1.82, 2.24) is 0 Å². The van der Waals surface area contributed by atoms with E-state index in [0.717, 1.165) is 0 Å². The van der Waals surface area contributed by atoms with E-state index in [9.17, 15) is 31.6 Å². The van der Waals surface area contributed by atoms with Gasteiger partial charge in [-0.1, -0.05) is 0 Å². The number of halogens is 2. The van der Waals surface area contributed by atoms with Crippen LogP contribution in [-0.4, -0.2) is 0 Å². The van der Waals surface area contributed by atoms with Crippen molar-refractivity contribution in [2.45, 2.75) is 0 Å². The molecule has 0 spiro atoms. The summed E-state index contributed by atoms with van der Waals surface area (Å²) in [5.41, 5.74) is 0. The summed E-state index contributed by atoms with van der Waals surface area (Å²) >= 11 is -5.17. The Morgan fingerprint density at radius 3 is 0.966 bits per heavy atom. The minimum absolute atomic E-state index is 0.0568. The molecule has 0 aromatic heterocycles. The molecule has 29 heavy (non-hydrogen) atoms. The third-order valence-corrected chi connectivity index (χ3v) is 49.6. The van der Waals surface area contributed by atoms with Crippen molar-refractivity contribution in [2.75, 3.05) is 0 Å². The molecule has 0 atom stereocenters. The Bertz CT molecular complexity index is 1070. The van der Waals surface area contributed by atoms with Crippen molar-refractivity contribution >= 4 is 39.3 Å². The van der Waals surface area contributed by atoms with E-state index >= 15 is 0 Å². The van der Waals surface area contributed by atoms with Crippen LogP contribution < -0.4 is 10.6 Å². The number of hydrogen-bond donors (Lipinski definition) is 0. The monoisotopic (exact) mass is 548 g/mol. The summed E-state index contributed by atoms with van der Waals surface area (Å²) in [6.07, 6.45) is 0. The van der Waals surface area contributed by atoms with E-state index in [2.05, 4.69) is 0 Å². The van der Waals surface area contributed by atoms with E-state index in [1.165, 1.54) is 48.5 Å². The van der Waals surface area contributed by atoms with Gasteiger partial charge in [0.05, 0.1) is 0 Å². The molecule has 0 aliphatic rings. The first kappa shape index (κ1) is 22.8. The van der Waals surface area contributed by atoms with Crippen molar-refractivity contribution in [3.8, 4) is 34.9 Å². The third kappa shape index (κ3) is 2.34. The molecular formula is C18H10Cl2N6P2Pd. The molecule has 0 bridgehead atoms.